The van der Waals surface area contributed by atoms with Crippen LogP contribution in [0, 0.1) is 6.92 Å². The Morgan fingerprint density at radius 3 is 2.71 bits per heavy atom. The molecule has 2 rings (SSSR count). The number of hydrogen-bond acceptors (Lipinski definition) is 4. The summed E-state index contributed by atoms with van der Waals surface area (Å²) >= 11 is 0. The van der Waals surface area contributed by atoms with Crippen molar-refractivity contribution < 1.29 is 0 Å². The normalized spacial score (nSPS) is 10.9. The smallest absolute Gasteiger partial charge is 0.0564 e. The Labute approximate surface area is 127 Å². The lowest BCUT2D eigenvalue weighted by Gasteiger charge is -2.16. The van der Waals surface area contributed by atoms with Crippen LogP contribution in [-0.4, -0.2) is 28.5 Å². The third-order valence-electron chi connectivity index (χ3n) is 3.21. The highest BCUT2D eigenvalue weighted by atomic mass is 15.1. The average Bonchev–Trinajstić information content (AvgIpc) is 2.45. The summed E-state index contributed by atoms with van der Waals surface area (Å²) in [6.45, 7) is 6.82. The molecule has 4 heteroatoms. The van der Waals surface area contributed by atoms with Crippen LogP contribution in [0.15, 0.2) is 36.5 Å². The number of aryl methyl sites for hydroxylation is 1. The van der Waals surface area contributed by atoms with Crippen LogP contribution in [0.3, 0.4) is 0 Å². The lowest BCUT2D eigenvalue weighted by molar-refractivity contribution is 0.311. The van der Waals surface area contributed by atoms with Crippen molar-refractivity contribution in [3.05, 3.63) is 53.6 Å². The fourth-order valence-electron chi connectivity index (χ4n) is 2.24. The topological polar surface area (TPSA) is 41.1 Å². The fraction of sp³-hybridized carbons (Fsp3) is 0.412. The molecule has 1 N–H and O–H groups in total. The van der Waals surface area contributed by atoms with Gasteiger partial charge >= 0.3 is 0 Å². The van der Waals surface area contributed by atoms with E-state index in [0.717, 1.165) is 48.8 Å². The minimum Gasteiger partial charge on any atom is -0.385 e. The standard InChI is InChI=1S/C17H24N4/c1-4-9-18-15-8-10-19-17(11-15)13-21(3)12-16-7-5-6-14(2)20-16/h5-8,10-11H,4,9,12-13H2,1-3H3,(H,18,19). The van der Waals surface area contributed by atoms with Gasteiger partial charge in [0.1, 0.15) is 0 Å². The molecule has 0 aliphatic heterocycles. The Kier molecular flexibility index (Phi) is 5.69. The molecule has 112 valence electrons. The summed E-state index contributed by atoms with van der Waals surface area (Å²) in [6, 6.07) is 10.3. The lowest BCUT2D eigenvalue weighted by Crippen LogP contribution is -2.19. The van der Waals surface area contributed by atoms with Gasteiger partial charge in [0.25, 0.3) is 0 Å². The molecule has 21 heavy (non-hydrogen) atoms. The van der Waals surface area contributed by atoms with Gasteiger partial charge in [0, 0.05) is 37.2 Å². The second kappa shape index (κ2) is 7.74. The van der Waals surface area contributed by atoms with Gasteiger partial charge in [0.05, 0.1) is 11.4 Å². The van der Waals surface area contributed by atoms with Crippen LogP contribution in [0.1, 0.15) is 30.4 Å². The molecular weight excluding hydrogens is 260 g/mol. The van der Waals surface area contributed by atoms with Crippen molar-refractivity contribution >= 4 is 5.69 Å². The van der Waals surface area contributed by atoms with Crippen molar-refractivity contribution in [1.82, 2.24) is 14.9 Å². The maximum absolute atomic E-state index is 4.54. The summed E-state index contributed by atoms with van der Waals surface area (Å²) in [5.41, 5.74) is 4.37. The van der Waals surface area contributed by atoms with E-state index in [0.29, 0.717) is 0 Å². The molecule has 4 nitrogen and oxygen atoms in total. The zero-order valence-corrected chi connectivity index (χ0v) is 13.1. The van der Waals surface area contributed by atoms with Gasteiger partial charge in [-0.2, -0.15) is 0 Å². The van der Waals surface area contributed by atoms with Crippen molar-refractivity contribution in [2.24, 2.45) is 0 Å². The molecule has 0 atom stereocenters. The third kappa shape index (κ3) is 5.16. The minimum atomic E-state index is 0.817. The molecule has 0 unspecified atom stereocenters. The van der Waals surface area contributed by atoms with E-state index in [4.69, 9.17) is 0 Å². The van der Waals surface area contributed by atoms with Crippen LogP contribution in [0.5, 0.6) is 0 Å². The fourth-order valence-corrected chi connectivity index (χ4v) is 2.24. The molecule has 0 aromatic carbocycles. The third-order valence-corrected chi connectivity index (χ3v) is 3.21. The molecule has 2 aromatic heterocycles. The Balaban J connectivity index is 1.94. The first-order valence-corrected chi connectivity index (χ1v) is 7.47. The summed E-state index contributed by atoms with van der Waals surface area (Å²) < 4.78 is 0. The van der Waals surface area contributed by atoms with Crippen molar-refractivity contribution in [3.63, 3.8) is 0 Å². The van der Waals surface area contributed by atoms with Crippen molar-refractivity contribution in [1.29, 1.82) is 0 Å². The quantitative estimate of drug-likeness (QED) is 0.847. The van der Waals surface area contributed by atoms with E-state index in [1.54, 1.807) is 0 Å². The predicted octanol–water partition coefficient (Wildman–Crippen LogP) is 3.24. The Morgan fingerprint density at radius 2 is 1.95 bits per heavy atom. The highest BCUT2D eigenvalue weighted by molar-refractivity contribution is 5.43. The molecule has 2 heterocycles. The lowest BCUT2D eigenvalue weighted by atomic mass is 10.2. The van der Waals surface area contributed by atoms with Crippen LogP contribution >= 0.6 is 0 Å². The summed E-state index contributed by atoms with van der Waals surface area (Å²) in [5, 5.41) is 3.39. The SMILES string of the molecule is CCCNc1ccnc(CN(C)Cc2cccc(C)n2)c1. The molecule has 0 saturated heterocycles. The second-order valence-corrected chi connectivity index (χ2v) is 5.41. The summed E-state index contributed by atoms with van der Waals surface area (Å²) in [7, 11) is 2.10. The predicted molar refractivity (Wildman–Crippen MR) is 87.2 cm³/mol. The highest BCUT2D eigenvalue weighted by Crippen LogP contribution is 2.11. The molecule has 0 fully saturated rings. The summed E-state index contributed by atoms with van der Waals surface area (Å²) in [6.07, 6.45) is 2.99. The van der Waals surface area contributed by atoms with Crippen LogP contribution in [0.4, 0.5) is 5.69 Å². The van der Waals surface area contributed by atoms with Gasteiger partial charge in [0.2, 0.25) is 0 Å². The number of hydrogen-bond donors (Lipinski definition) is 1. The average molecular weight is 284 g/mol. The largest absolute Gasteiger partial charge is 0.385 e. The summed E-state index contributed by atoms with van der Waals surface area (Å²) in [4.78, 5) is 11.2. The van der Waals surface area contributed by atoms with E-state index < -0.39 is 0 Å². The Hall–Kier alpha value is -1.94. The van der Waals surface area contributed by atoms with Crippen molar-refractivity contribution in [3.8, 4) is 0 Å². The van der Waals surface area contributed by atoms with Gasteiger partial charge < -0.3 is 5.32 Å². The van der Waals surface area contributed by atoms with Gasteiger partial charge in [-0.25, -0.2) is 0 Å². The first-order chi connectivity index (χ1) is 10.2. The van der Waals surface area contributed by atoms with Gasteiger partial charge in [-0.1, -0.05) is 13.0 Å². The van der Waals surface area contributed by atoms with E-state index in [1.807, 2.05) is 25.3 Å². The van der Waals surface area contributed by atoms with Crippen LogP contribution in [0.25, 0.3) is 0 Å². The molecule has 0 amide bonds. The number of nitrogens with zero attached hydrogens (tertiary/aromatic N) is 3. The van der Waals surface area contributed by atoms with E-state index in [9.17, 15) is 0 Å². The van der Waals surface area contributed by atoms with E-state index in [-0.39, 0.29) is 0 Å². The first-order valence-electron chi connectivity index (χ1n) is 7.47. The molecule has 0 radical (unpaired) electrons. The second-order valence-electron chi connectivity index (χ2n) is 5.41. The van der Waals surface area contributed by atoms with Gasteiger partial charge in [-0.15, -0.1) is 0 Å². The molecular formula is C17H24N4. The number of nitrogens with one attached hydrogen (secondary N) is 1. The molecule has 0 saturated carbocycles. The maximum atomic E-state index is 4.54. The molecule has 0 bridgehead atoms. The minimum absolute atomic E-state index is 0.817. The summed E-state index contributed by atoms with van der Waals surface area (Å²) in [5.74, 6) is 0. The number of aromatic nitrogens is 2. The highest BCUT2D eigenvalue weighted by Gasteiger charge is 2.05. The van der Waals surface area contributed by atoms with Gasteiger partial charge in [-0.3, -0.25) is 14.9 Å². The maximum Gasteiger partial charge on any atom is 0.0564 e. The monoisotopic (exact) mass is 284 g/mol. The Bertz CT molecular complexity index is 568. The van der Waals surface area contributed by atoms with Crippen molar-refractivity contribution in [2.75, 3.05) is 18.9 Å². The van der Waals surface area contributed by atoms with Gasteiger partial charge in [0.15, 0.2) is 0 Å². The molecule has 0 aliphatic rings. The van der Waals surface area contributed by atoms with E-state index >= 15 is 0 Å². The van der Waals surface area contributed by atoms with E-state index in [2.05, 4.69) is 52.4 Å². The zero-order valence-electron chi connectivity index (χ0n) is 13.1. The molecule has 2 aromatic rings. The van der Waals surface area contributed by atoms with Crippen LogP contribution in [-0.2, 0) is 13.1 Å². The number of rotatable bonds is 7. The molecule has 0 aliphatic carbocycles. The number of anilines is 1. The zero-order chi connectivity index (χ0) is 15.1. The first kappa shape index (κ1) is 15.4. The van der Waals surface area contributed by atoms with E-state index in [1.165, 1.54) is 0 Å². The van der Waals surface area contributed by atoms with Crippen molar-refractivity contribution in [2.45, 2.75) is 33.4 Å². The van der Waals surface area contributed by atoms with Gasteiger partial charge in [-0.05, 0) is 44.7 Å². The molecule has 0 spiro atoms. The van der Waals surface area contributed by atoms with Crippen LogP contribution < -0.4 is 5.32 Å². The van der Waals surface area contributed by atoms with Crippen LogP contribution in [0.2, 0.25) is 0 Å². The Morgan fingerprint density at radius 1 is 1.14 bits per heavy atom. The number of pyridine rings is 2.